The molecule has 5 nitrogen and oxygen atoms in total. The molecule has 0 spiro atoms. The minimum absolute atomic E-state index is 0.0393. The van der Waals surface area contributed by atoms with Gasteiger partial charge in [-0.1, -0.05) is 12.2 Å². The highest BCUT2D eigenvalue weighted by molar-refractivity contribution is 7.03. The van der Waals surface area contributed by atoms with E-state index in [-0.39, 0.29) is 12.1 Å². The van der Waals surface area contributed by atoms with Crippen LogP contribution in [0.4, 0.5) is 4.79 Å². The van der Waals surface area contributed by atoms with Gasteiger partial charge >= 0.3 is 6.03 Å². The lowest BCUT2D eigenvalue weighted by molar-refractivity contribution is -0.105. The van der Waals surface area contributed by atoms with Crippen LogP contribution in [0.25, 0.3) is 5.57 Å². The van der Waals surface area contributed by atoms with E-state index in [0.29, 0.717) is 19.7 Å². The van der Waals surface area contributed by atoms with Gasteiger partial charge in [0.25, 0.3) is 0 Å². The Kier molecular flexibility index (Phi) is 2.89. The van der Waals surface area contributed by atoms with Crippen LogP contribution in [0.15, 0.2) is 30.3 Å². The van der Waals surface area contributed by atoms with E-state index >= 15 is 0 Å². The zero-order valence-electron chi connectivity index (χ0n) is 9.78. The van der Waals surface area contributed by atoms with Gasteiger partial charge < -0.3 is 4.90 Å². The van der Waals surface area contributed by atoms with Crippen LogP contribution in [0, 0.1) is 0 Å². The minimum atomic E-state index is -0.0729. The molecule has 3 rings (SSSR count). The van der Waals surface area contributed by atoms with E-state index in [0.717, 1.165) is 11.1 Å². The number of rotatable bonds is 4. The first-order valence-electron chi connectivity index (χ1n) is 5.73. The van der Waals surface area contributed by atoms with Crippen molar-refractivity contribution in [2.75, 3.05) is 19.7 Å². The van der Waals surface area contributed by atoms with Gasteiger partial charge in [0.2, 0.25) is 0 Å². The van der Waals surface area contributed by atoms with Crippen LogP contribution in [-0.4, -0.2) is 46.1 Å². The number of urea groups is 1. The molecule has 2 aliphatic rings. The molecule has 2 aliphatic heterocycles. The predicted molar refractivity (Wildman–Crippen MR) is 68.8 cm³/mol. The van der Waals surface area contributed by atoms with Gasteiger partial charge in [0.1, 0.15) is 6.04 Å². The zero-order valence-corrected chi connectivity index (χ0v) is 10.6. The molecule has 1 unspecified atom stereocenters. The molecule has 94 valence electrons. The minimum Gasteiger partial charge on any atom is -0.317 e. The maximum absolute atomic E-state index is 12.1. The first-order valence-corrected chi connectivity index (χ1v) is 6.56. The van der Waals surface area contributed by atoms with E-state index in [1.54, 1.807) is 11.0 Å². The fraction of sp³-hybridized carbons (Fsp3) is 0.333. The Morgan fingerprint density at radius 2 is 2.56 bits per heavy atom. The SMILES string of the molecule is C=CCON1C(=O)N2CC=C(c3cnsc3)C1C2. The lowest BCUT2D eigenvalue weighted by atomic mass is 9.99. The molecule has 0 radical (unpaired) electrons. The molecule has 0 saturated carbocycles. The van der Waals surface area contributed by atoms with Crippen molar-refractivity contribution < 1.29 is 9.63 Å². The van der Waals surface area contributed by atoms with Crippen LogP contribution in [0.1, 0.15) is 5.56 Å². The number of hydrogen-bond acceptors (Lipinski definition) is 4. The van der Waals surface area contributed by atoms with Crippen LogP contribution in [0.3, 0.4) is 0 Å². The molecule has 1 saturated heterocycles. The van der Waals surface area contributed by atoms with Crippen LogP contribution in [0.5, 0.6) is 0 Å². The molecular weight excluding hydrogens is 250 g/mol. The summed E-state index contributed by atoms with van der Waals surface area (Å²) in [6, 6.07) is -0.112. The summed E-state index contributed by atoms with van der Waals surface area (Å²) in [5, 5.41) is 3.45. The number of nitrogens with zero attached hydrogens (tertiary/aromatic N) is 3. The molecule has 2 bridgehead atoms. The maximum atomic E-state index is 12.1. The molecule has 1 aromatic rings. The molecule has 0 aliphatic carbocycles. The average Bonchev–Trinajstić information content (AvgIpc) is 2.99. The van der Waals surface area contributed by atoms with Crippen LogP contribution in [0.2, 0.25) is 0 Å². The Bertz CT molecular complexity index is 497. The summed E-state index contributed by atoms with van der Waals surface area (Å²) in [5.74, 6) is 0. The van der Waals surface area contributed by atoms with E-state index < -0.39 is 0 Å². The average molecular weight is 263 g/mol. The number of carbonyl (C=O) groups is 1. The van der Waals surface area contributed by atoms with Crippen LogP contribution >= 0.6 is 11.5 Å². The standard InChI is InChI=1S/C12H13N3O2S/c1-2-5-17-15-11-7-14(12(15)16)4-3-10(11)9-6-13-18-8-9/h2-3,6,8,11H,1,4-5,7H2. The molecule has 3 heterocycles. The van der Waals surface area contributed by atoms with Gasteiger partial charge in [0, 0.05) is 23.7 Å². The first kappa shape index (κ1) is 11.4. The van der Waals surface area contributed by atoms with Crippen molar-refractivity contribution in [1.29, 1.82) is 0 Å². The summed E-state index contributed by atoms with van der Waals surface area (Å²) in [7, 11) is 0. The van der Waals surface area contributed by atoms with Gasteiger partial charge in [0.05, 0.1) is 13.2 Å². The summed E-state index contributed by atoms with van der Waals surface area (Å²) in [6.45, 7) is 5.25. The van der Waals surface area contributed by atoms with Crippen molar-refractivity contribution in [3.63, 3.8) is 0 Å². The molecule has 6 heteroatoms. The van der Waals surface area contributed by atoms with Gasteiger partial charge in [-0.15, -0.1) is 6.58 Å². The van der Waals surface area contributed by atoms with E-state index in [4.69, 9.17) is 4.84 Å². The Hall–Kier alpha value is -1.66. The number of amides is 2. The third-order valence-electron chi connectivity index (χ3n) is 3.12. The fourth-order valence-electron chi connectivity index (χ4n) is 2.29. The van der Waals surface area contributed by atoms with E-state index in [9.17, 15) is 4.79 Å². The summed E-state index contributed by atoms with van der Waals surface area (Å²) in [5.41, 5.74) is 2.20. The summed E-state index contributed by atoms with van der Waals surface area (Å²) >= 11 is 1.41. The quantitative estimate of drug-likeness (QED) is 0.778. The Morgan fingerprint density at radius 1 is 1.67 bits per heavy atom. The topological polar surface area (TPSA) is 45.7 Å². The van der Waals surface area contributed by atoms with Gasteiger partial charge in [0.15, 0.2) is 0 Å². The van der Waals surface area contributed by atoms with Crippen molar-refractivity contribution in [2.45, 2.75) is 6.04 Å². The lowest BCUT2D eigenvalue weighted by Gasteiger charge is -2.23. The Labute approximate surface area is 109 Å². The Morgan fingerprint density at radius 3 is 3.28 bits per heavy atom. The smallest absolute Gasteiger partial charge is 0.317 e. The molecule has 1 fully saturated rings. The normalized spacial score (nSPS) is 22.3. The molecule has 1 atom stereocenters. The van der Waals surface area contributed by atoms with E-state index in [1.807, 2.05) is 11.6 Å². The lowest BCUT2D eigenvalue weighted by Crippen LogP contribution is -2.34. The largest absolute Gasteiger partial charge is 0.344 e. The second kappa shape index (κ2) is 4.55. The first-order chi connectivity index (χ1) is 8.81. The molecule has 1 aromatic heterocycles. The van der Waals surface area contributed by atoms with Crippen LogP contribution < -0.4 is 0 Å². The highest BCUT2D eigenvalue weighted by Crippen LogP contribution is 2.32. The second-order valence-corrected chi connectivity index (χ2v) is 4.84. The third-order valence-corrected chi connectivity index (χ3v) is 3.71. The number of fused-ring (bicyclic) bond motifs is 2. The van der Waals surface area contributed by atoms with Crippen LogP contribution in [-0.2, 0) is 4.84 Å². The van der Waals surface area contributed by atoms with Gasteiger partial charge in [-0.05, 0) is 17.1 Å². The van der Waals surface area contributed by atoms with Gasteiger partial charge in [-0.3, -0.25) is 4.84 Å². The summed E-state index contributed by atoms with van der Waals surface area (Å²) < 4.78 is 4.11. The van der Waals surface area contributed by atoms with Gasteiger partial charge in [-0.25, -0.2) is 9.17 Å². The molecule has 18 heavy (non-hydrogen) atoms. The van der Waals surface area contributed by atoms with Crippen molar-refractivity contribution in [1.82, 2.24) is 14.3 Å². The van der Waals surface area contributed by atoms with Crippen molar-refractivity contribution >= 4 is 23.1 Å². The summed E-state index contributed by atoms with van der Waals surface area (Å²) in [4.78, 5) is 19.3. The van der Waals surface area contributed by atoms with E-state index in [2.05, 4.69) is 17.0 Å². The van der Waals surface area contributed by atoms with E-state index in [1.165, 1.54) is 16.6 Å². The fourth-order valence-corrected chi connectivity index (χ4v) is 2.84. The molecular formula is C12H13N3O2S. The maximum Gasteiger partial charge on any atom is 0.344 e. The van der Waals surface area contributed by atoms with Crippen molar-refractivity contribution in [3.05, 3.63) is 35.9 Å². The third kappa shape index (κ3) is 1.74. The van der Waals surface area contributed by atoms with Crippen molar-refractivity contribution in [2.24, 2.45) is 0 Å². The highest BCUT2D eigenvalue weighted by atomic mass is 32.1. The number of aromatic nitrogens is 1. The zero-order chi connectivity index (χ0) is 12.5. The number of hydroxylamine groups is 2. The summed E-state index contributed by atoms with van der Waals surface area (Å²) in [6.07, 6.45) is 5.55. The van der Waals surface area contributed by atoms with Crippen molar-refractivity contribution in [3.8, 4) is 0 Å². The highest BCUT2D eigenvalue weighted by Gasteiger charge is 2.43. The number of hydrogen-bond donors (Lipinski definition) is 0. The predicted octanol–water partition coefficient (Wildman–Crippen LogP) is 1.76. The molecule has 0 aromatic carbocycles. The monoisotopic (exact) mass is 263 g/mol. The number of carbonyl (C=O) groups excluding carboxylic acids is 1. The second-order valence-electron chi connectivity index (χ2n) is 4.19. The molecule has 2 amide bonds. The Balaban J connectivity index is 1.88. The molecule has 0 N–H and O–H groups in total. The van der Waals surface area contributed by atoms with Gasteiger partial charge in [-0.2, -0.15) is 5.06 Å².